The Morgan fingerprint density at radius 2 is 2.05 bits per heavy atom. The zero-order valence-electron chi connectivity index (χ0n) is 11.1. The first-order valence-corrected chi connectivity index (χ1v) is 7.97. The highest BCUT2D eigenvalue weighted by Crippen LogP contribution is 2.26. The van der Waals surface area contributed by atoms with Gasteiger partial charge in [0.1, 0.15) is 0 Å². The van der Waals surface area contributed by atoms with E-state index in [2.05, 4.69) is 4.72 Å². The van der Waals surface area contributed by atoms with Crippen molar-refractivity contribution in [2.45, 2.75) is 13.8 Å². The van der Waals surface area contributed by atoms with Gasteiger partial charge in [-0.25, -0.2) is 13.1 Å². The van der Waals surface area contributed by atoms with E-state index >= 15 is 0 Å². The van der Waals surface area contributed by atoms with E-state index in [0.29, 0.717) is 10.7 Å². The van der Waals surface area contributed by atoms with Crippen molar-refractivity contribution in [1.29, 1.82) is 0 Å². The third-order valence-corrected chi connectivity index (χ3v) is 3.75. The summed E-state index contributed by atoms with van der Waals surface area (Å²) in [6, 6.07) is 5.28. The number of hydrogen-bond donors (Lipinski definition) is 1. The summed E-state index contributed by atoms with van der Waals surface area (Å²) in [5, 5.41) is 0.569. The third-order valence-electron chi connectivity index (χ3n) is 2.61. The van der Waals surface area contributed by atoms with Crippen molar-refractivity contribution in [2.24, 2.45) is 0 Å². The van der Waals surface area contributed by atoms with E-state index < -0.39 is 10.0 Å². The molecule has 5 nitrogen and oxygen atoms in total. The van der Waals surface area contributed by atoms with Gasteiger partial charge in [-0.15, -0.1) is 0 Å². The van der Waals surface area contributed by atoms with Crippen molar-refractivity contribution >= 4 is 33.2 Å². The maximum atomic E-state index is 11.7. The predicted molar refractivity (Wildman–Crippen MR) is 77.1 cm³/mol. The first kappa shape index (κ1) is 15.9. The van der Waals surface area contributed by atoms with Crippen LogP contribution >= 0.6 is 11.6 Å². The largest absolute Gasteiger partial charge is 0.311 e. The average molecular weight is 305 g/mol. The van der Waals surface area contributed by atoms with Crippen LogP contribution in [-0.2, 0) is 14.8 Å². The molecule has 0 heterocycles. The quantitative estimate of drug-likeness (QED) is 0.897. The number of sulfonamides is 1. The van der Waals surface area contributed by atoms with Gasteiger partial charge in [0.05, 0.1) is 6.26 Å². The van der Waals surface area contributed by atoms with Crippen LogP contribution in [0.1, 0.15) is 12.5 Å². The fraction of sp³-hybridized carbons (Fsp3) is 0.417. The first-order valence-electron chi connectivity index (χ1n) is 5.70. The van der Waals surface area contributed by atoms with E-state index in [1.54, 1.807) is 18.2 Å². The molecule has 0 aromatic heterocycles. The number of anilines is 1. The first-order chi connectivity index (χ1) is 8.72. The number of nitrogens with one attached hydrogen (secondary N) is 1. The van der Waals surface area contributed by atoms with Crippen molar-refractivity contribution in [1.82, 2.24) is 4.72 Å². The highest BCUT2D eigenvalue weighted by Gasteiger charge is 2.15. The van der Waals surface area contributed by atoms with Crippen molar-refractivity contribution in [3.05, 3.63) is 28.8 Å². The van der Waals surface area contributed by atoms with Gasteiger partial charge in [-0.1, -0.05) is 17.7 Å². The van der Waals surface area contributed by atoms with Gasteiger partial charge in [0, 0.05) is 30.7 Å². The van der Waals surface area contributed by atoms with Gasteiger partial charge in [-0.3, -0.25) is 4.79 Å². The van der Waals surface area contributed by atoms with Gasteiger partial charge < -0.3 is 4.90 Å². The van der Waals surface area contributed by atoms with E-state index in [1.807, 2.05) is 6.92 Å². The second-order valence-corrected chi connectivity index (χ2v) is 6.46. The second kappa shape index (κ2) is 6.36. The number of hydrogen-bond acceptors (Lipinski definition) is 3. The Balaban J connectivity index is 2.89. The number of halogens is 1. The molecule has 0 saturated carbocycles. The molecule has 1 amide bonds. The Bertz CT molecular complexity index is 572. The van der Waals surface area contributed by atoms with Gasteiger partial charge in [0.25, 0.3) is 0 Å². The van der Waals surface area contributed by atoms with Crippen LogP contribution < -0.4 is 9.62 Å². The Morgan fingerprint density at radius 1 is 1.42 bits per heavy atom. The molecule has 0 spiro atoms. The van der Waals surface area contributed by atoms with E-state index in [1.165, 1.54) is 11.8 Å². The molecular weight excluding hydrogens is 288 g/mol. The maximum Gasteiger partial charge on any atom is 0.223 e. The van der Waals surface area contributed by atoms with Gasteiger partial charge in [0.2, 0.25) is 15.9 Å². The molecule has 0 unspecified atom stereocenters. The number of carbonyl (C=O) groups is 1. The molecule has 1 N–H and O–H groups in total. The molecule has 7 heteroatoms. The predicted octanol–water partition coefficient (Wildman–Crippen LogP) is 1.55. The zero-order chi connectivity index (χ0) is 14.6. The molecule has 0 atom stereocenters. The Kier molecular flexibility index (Phi) is 5.34. The molecule has 1 aromatic rings. The summed E-state index contributed by atoms with van der Waals surface area (Å²) in [4.78, 5) is 13.2. The molecule has 0 aliphatic carbocycles. The van der Waals surface area contributed by atoms with Gasteiger partial charge in [0.15, 0.2) is 0 Å². The molecule has 0 radical (unpaired) electrons. The Morgan fingerprint density at radius 3 is 2.58 bits per heavy atom. The monoisotopic (exact) mass is 304 g/mol. The lowest BCUT2D eigenvalue weighted by Crippen LogP contribution is -2.37. The summed E-state index contributed by atoms with van der Waals surface area (Å²) < 4.78 is 24.4. The number of carbonyl (C=O) groups excluding carboxylic acids is 1. The molecule has 0 aliphatic heterocycles. The third kappa shape index (κ3) is 4.81. The van der Waals surface area contributed by atoms with E-state index in [9.17, 15) is 13.2 Å². The normalized spacial score (nSPS) is 11.4. The molecule has 0 saturated heterocycles. The summed E-state index contributed by atoms with van der Waals surface area (Å²) in [6.45, 7) is 3.66. The number of amides is 1. The summed E-state index contributed by atoms with van der Waals surface area (Å²) in [7, 11) is -3.26. The van der Waals surface area contributed by atoms with Crippen molar-refractivity contribution in [3.63, 3.8) is 0 Å². The molecular formula is C12H17ClN2O3S. The van der Waals surface area contributed by atoms with Crippen LogP contribution in [0.25, 0.3) is 0 Å². The molecule has 106 valence electrons. The van der Waals surface area contributed by atoms with Crippen LogP contribution in [0, 0.1) is 6.92 Å². The van der Waals surface area contributed by atoms with Crippen LogP contribution in [0.3, 0.4) is 0 Å². The molecule has 0 bridgehead atoms. The minimum Gasteiger partial charge on any atom is -0.311 e. The fourth-order valence-corrected chi connectivity index (χ4v) is 2.31. The lowest BCUT2D eigenvalue weighted by atomic mass is 10.1. The van der Waals surface area contributed by atoms with Crippen LogP contribution in [0.2, 0.25) is 5.02 Å². The van der Waals surface area contributed by atoms with Crippen LogP contribution in [0.15, 0.2) is 18.2 Å². The number of rotatable bonds is 5. The minimum absolute atomic E-state index is 0.157. The van der Waals surface area contributed by atoms with E-state index in [4.69, 9.17) is 11.6 Å². The summed E-state index contributed by atoms with van der Waals surface area (Å²) in [5.41, 5.74) is 1.48. The number of nitrogens with zero attached hydrogens (tertiary/aromatic N) is 1. The molecule has 0 fully saturated rings. The Labute approximate surface area is 118 Å². The van der Waals surface area contributed by atoms with Crippen molar-refractivity contribution in [3.8, 4) is 0 Å². The van der Waals surface area contributed by atoms with Crippen LogP contribution in [0.5, 0.6) is 0 Å². The molecule has 19 heavy (non-hydrogen) atoms. The van der Waals surface area contributed by atoms with Gasteiger partial charge in [-0.05, 0) is 24.6 Å². The molecule has 1 rings (SSSR count). The zero-order valence-corrected chi connectivity index (χ0v) is 12.7. The lowest BCUT2D eigenvalue weighted by molar-refractivity contribution is -0.116. The minimum atomic E-state index is -3.26. The van der Waals surface area contributed by atoms with Gasteiger partial charge >= 0.3 is 0 Å². The van der Waals surface area contributed by atoms with Crippen molar-refractivity contribution < 1.29 is 13.2 Å². The molecule has 1 aromatic carbocycles. The highest BCUT2D eigenvalue weighted by molar-refractivity contribution is 7.88. The fourth-order valence-electron chi connectivity index (χ4n) is 1.68. The summed E-state index contributed by atoms with van der Waals surface area (Å²) >= 11 is 6.02. The summed E-state index contributed by atoms with van der Waals surface area (Å²) in [5.74, 6) is -0.166. The Hall–Kier alpha value is -1.11. The maximum absolute atomic E-state index is 11.7. The second-order valence-electron chi connectivity index (χ2n) is 4.22. The van der Waals surface area contributed by atoms with Crippen LogP contribution in [0.4, 0.5) is 5.69 Å². The molecule has 0 aliphatic rings. The van der Waals surface area contributed by atoms with Crippen LogP contribution in [-0.4, -0.2) is 33.7 Å². The summed E-state index contributed by atoms with van der Waals surface area (Å²) in [6.07, 6.45) is 1.08. The SMILES string of the molecule is CC(=O)N(CCNS(C)(=O)=O)c1cccc(Cl)c1C. The van der Waals surface area contributed by atoms with Gasteiger partial charge in [-0.2, -0.15) is 0 Å². The lowest BCUT2D eigenvalue weighted by Gasteiger charge is -2.23. The standard InChI is InChI=1S/C12H17ClN2O3S/c1-9-11(13)5-4-6-12(9)15(10(2)16)8-7-14-19(3,17)18/h4-6,14H,7-8H2,1-3H3. The topological polar surface area (TPSA) is 66.5 Å². The van der Waals surface area contributed by atoms with E-state index in [-0.39, 0.29) is 19.0 Å². The smallest absolute Gasteiger partial charge is 0.223 e. The highest BCUT2D eigenvalue weighted by atomic mass is 35.5. The number of benzene rings is 1. The van der Waals surface area contributed by atoms with Crippen molar-refractivity contribution in [2.75, 3.05) is 24.2 Å². The van der Waals surface area contributed by atoms with E-state index in [0.717, 1.165) is 11.8 Å². The average Bonchev–Trinajstić information content (AvgIpc) is 2.27.